The maximum Gasteiger partial charge on any atom is 0.205 e. The zero-order valence-electron chi connectivity index (χ0n) is 10.4. The minimum Gasteiger partial charge on any atom is -0.324 e. The van der Waals surface area contributed by atoms with Gasteiger partial charge in [0, 0.05) is 0 Å². The molecular formula is C14H7F3N4. The van der Waals surface area contributed by atoms with Gasteiger partial charge in [0.15, 0.2) is 17.5 Å². The van der Waals surface area contributed by atoms with E-state index in [1.807, 2.05) is 6.07 Å². The van der Waals surface area contributed by atoms with Gasteiger partial charge in [0.1, 0.15) is 0 Å². The van der Waals surface area contributed by atoms with Gasteiger partial charge >= 0.3 is 0 Å². The van der Waals surface area contributed by atoms with E-state index >= 15 is 0 Å². The van der Waals surface area contributed by atoms with Crippen molar-refractivity contribution in [2.75, 3.05) is 5.32 Å². The second kappa shape index (κ2) is 4.83. The Morgan fingerprint density at radius 3 is 2.67 bits per heavy atom. The van der Waals surface area contributed by atoms with Gasteiger partial charge in [-0.1, -0.05) is 0 Å². The fourth-order valence-corrected chi connectivity index (χ4v) is 1.89. The predicted octanol–water partition coefficient (Wildman–Crippen LogP) is 3.60. The normalized spacial score (nSPS) is 10.6. The molecule has 0 radical (unpaired) electrons. The van der Waals surface area contributed by atoms with E-state index in [0.717, 1.165) is 12.1 Å². The molecule has 0 fully saturated rings. The number of aromatic amines is 1. The lowest BCUT2D eigenvalue weighted by Gasteiger charge is -2.05. The lowest BCUT2D eigenvalue weighted by Crippen LogP contribution is -1.99. The number of fused-ring (bicyclic) bond motifs is 1. The highest BCUT2D eigenvalue weighted by Crippen LogP contribution is 2.24. The molecule has 0 spiro atoms. The third-order valence-corrected chi connectivity index (χ3v) is 2.90. The van der Waals surface area contributed by atoms with Crippen molar-refractivity contribution in [1.29, 1.82) is 5.26 Å². The SMILES string of the molecule is N#Cc1ccc2nc(Nc3ccc(F)c(F)c3F)[nH]c2c1. The van der Waals surface area contributed by atoms with Crippen LogP contribution in [-0.2, 0) is 0 Å². The number of H-pyrrole nitrogens is 1. The van der Waals surface area contributed by atoms with E-state index in [1.165, 1.54) is 0 Å². The highest BCUT2D eigenvalue weighted by Gasteiger charge is 2.14. The van der Waals surface area contributed by atoms with E-state index in [1.54, 1.807) is 18.2 Å². The van der Waals surface area contributed by atoms with Crippen molar-refractivity contribution in [3.8, 4) is 6.07 Å². The van der Waals surface area contributed by atoms with Crippen LogP contribution in [0.5, 0.6) is 0 Å². The molecule has 2 aromatic carbocycles. The molecule has 0 amide bonds. The van der Waals surface area contributed by atoms with E-state index < -0.39 is 17.5 Å². The summed E-state index contributed by atoms with van der Waals surface area (Å²) in [6, 6.07) is 8.66. The molecule has 0 saturated carbocycles. The summed E-state index contributed by atoms with van der Waals surface area (Å²) in [5.74, 6) is -3.98. The summed E-state index contributed by atoms with van der Waals surface area (Å²) in [5, 5.41) is 11.3. The molecule has 3 rings (SSSR count). The van der Waals surface area contributed by atoms with Gasteiger partial charge in [-0.15, -0.1) is 0 Å². The van der Waals surface area contributed by atoms with Crippen molar-refractivity contribution in [3.05, 3.63) is 53.3 Å². The van der Waals surface area contributed by atoms with Crippen molar-refractivity contribution < 1.29 is 13.2 Å². The molecule has 0 unspecified atom stereocenters. The first kappa shape index (κ1) is 13.0. The zero-order chi connectivity index (χ0) is 15.0. The first-order valence-electron chi connectivity index (χ1n) is 5.89. The van der Waals surface area contributed by atoms with Gasteiger partial charge in [-0.3, -0.25) is 0 Å². The number of benzene rings is 2. The maximum absolute atomic E-state index is 13.6. The molecule has 0 saturated heterocycles. The number of hydrogen-bond donors (Lipinski definition) is 2. The monoisotopic (exact) mass is 288 g/mol. The first-order chi connectivity index (χ1) is 10.1. The second-order valence-corrected chi connectivity index (χ2v) is 4.28. The molecule has 0 atom stereocenters. The average molecular weight is 288 g/mol. The maximum atomic E-state index is 13.6. The molecule has 104 valence electrons. The van der Waals surface area contributed by atoms with Crippen LogP contribution in [0.1, 0.15) is 5.56 Å². The summed E-state index contributed by atoms with van der Waals surface area (Å²) in [6.07, 6.45) is 0. The highest BCUT2D eigenvalue weighted by molar-refractivity contribution is 5.79. The Bertz CT molecular complexity index is 880. The minimum atomic E-state index is -1.55. The van der Waals surface area contributed by atoms with Crippen molar-refractivity contribution in [1.82, 2.24) is 9.97 Å². The Balaban J connectivity index is 1.99. The van der Waals surface area contributed by atoms with Crippen LogP contribution in [-0.4, -0.2) is 9.97 Å². The topological polar surface area (TPSA) is 64.5 Å². The first-order valence-corrected chi connectivity index (χ1v) is 5.89. The number of nitrogens with one attached hydrogen (secondary N) is 2. The number of anilines is 2. The molecule has 2 N–H and O–H groups in total. The van der Waals surface area contributed by atoms with E-state index in [0.29, 0.717) is 16.6 Å². The standard InChI is InChI=1S/C14H7F3N4/c15-8-2-4-10(13(17)12(8)16)20-14-19-9-3-1-7(6-18)5-11(9)21-14/h1-5H,(H2,19,20,21). The number of nitriles is 1. The molecule has 1 heterocycles. The van der Waals surface area contributed by atoms with Gasteiger partial charge in [0.2, 0.25) is 5.95 Å². The zero-order valence-corrected chi connectivity index (χ0v) is 10.4. The number of aromatic nitrogens is 2. The molecule has 3 aromatic rings. The van der Waals surface area contributed by atoms with Crippen LogP contribution in [0.4, 0.5) is 24.8 Å². The fraction of sp³-hybridized carbons (Fsp3) is 0. The Morgan fingerprint density at radius 1 is 1.10 bits per heavy atom. The van der Waals surface area contributed by atoms with Crippen LogP contribution in [0.2, 0.25) is 0 Å². The van der Waals surface area contributed by atoms with Crippen LogP contribution >= 0.6 is 0 Å². The molecule has 21 heavy (non-hydrogen) atoms. The van der Waals surface area contributed by atoms with Gasteiger partial charge in [0.25, 0.3) is 0 Å². The number of nitrogens with zero attached hydrogens (tertiary/aromatic N) is 2. The van der Waals surface area contributed by atoms with Gasteiger partial charge in [-0.25, -0.2) is 18.2 Å². The quantitative estimate of drug-likeness (QED) is 0.708. The number of imidazole rings is 1. The lowest BCUT2D eigenvalue weighted by molar-refractivity contribution is 0.449. The number of rotatable bonds is 2. The third kappa shape index (κ3) is 2.27. The summed E-state index contributed by atoms with van der Waals surface area (Å²) in [7, 11) is 0. The van der Waals surface area contributed by atoms with E-state index in [4.69, 9.17) is 5.26 Å². The van der Waals surface area contributed by atoms with Crippen LogP contribution in [0, 0.1) is 28.8 Å². The largest absolute Gasteiger partial charge is 0.324 e. The number of halogens is 3. The summed E-state index contributed by atoms with van der Waals surface area (Å²) in [6.45, 7) is 0. The van der Waals surface area contributed by atoms with Crippen molar-refractivity contribution >= 4 is 22.7 Å². The Hall–Kier alpha value is -3.01. The summed E-state index contributed by atoms with van der Waals surface area (Å²) in [4.78, 5) is 6.94. The molecule has 0 aliphatic heterocycles. The Morgan fingerprint density at radius 2 is 1.90 bits per heavy atom. The molecule has 7 heteroatoms. The molecule has 4 nitrogen and oxygen atoms in total. The van der Waals surface area contributed by atoms with Gasteiger partial charge in [-0.05, 0) is 30.3 Å². The van der Waals surface area contributed by atoms with E-state index in [2.05, 4.69) is 15.3 Å². The average Bonchev–Trinajstić information content (AvgIpc) is 2.89. The Kier molecular flexibility index (Phi) is 2.99. The van der Waals surface area contributed by atoms with Gasteiger partial charge in [0.05, 0.1) is 28.4 Å². The molecule has 1 aromatic heterocycles. The molecular weight excluding hydrogens is 281 g/mol. The Labute approximate surface area is 116 Å². The van der Waals surface area contributed by atoms with Crippen LogP contribution in [0.15, 0.2) is 30.3 Å². The van der Waals surface area contributed by atoms with Gasteiger partial charge in [-0.2, -0.15) is 5.26 Å². The van der Waals surface area contributed by atoms with Crippen molar-refractivity contribution in [2.24, 2.45) is 0 Å². The van der Waals surface area contributed by atoms with Gasteiger partial charge < -0.3 is 10.3 Å². The molecule has 0 bridgehead atoms. The van der Waals surface area contributed by atoms with Crippen LogP contribution in [0.25, 0.3) is 11.0 Å². The fourth-order valence-electron chi connectivity index (χ4n) is 1.89. The highest BCUT2D eigenvalue weighted by atomic mass is 19.2. The summed E-state index contributed by atoms with van der Waals surface area (Å²) >= 11 is 0. The van der Waals surface area contributed by atoms with Crippen molar-refractivity contribution in [3.63, 3.8) is 0 Å². The van der Waals surface area contributed by atoms with Crippen LogP contribution < -0.4 is 5.32 Å². The summed E-state index contributed by atoms with van der Waals surface area (Å²) in [5.41, 5.74) is 1.32. The van der Waals surface area contributed by atoms with Crippen molar-refractivity contribution in [2.45, 2.75) is 0 Å². The lowest BCUT2D eigenvalue weighted by atomic mass is 10.2. The van der Waals surface area contributed by atoms with E-state index in [9.17, 15) is 13.2 Å². The molecule has 0 aliphatic rings. The second-order valence-electron chi connectivity index (χ2n) is 4.28. The number of hydrogen-bond acceptors (Lipinski definition) is 3. The predicted molar refractivity (Wildman–Crippen MR) is 70.4 cm³/mol. The third-order valence-electron chi connectivity index (χ3n) is 2.90. The van der Waals surface area contributed by atoms with E-state index in [-0.39, 0.29) is 11.6 Å². The minimum absolute atomic E-state index is 0.157. The molecule has 0 aliphatic carbocycles. The smallest absolute Gasteiger partial charge is 0.205 e. The summed E-state index contributed by atoms with van der Waals surface area (Å²) < 4.78 is 39.6. The van der Waals surface area contributed by atoms with Crippen LogP contribution in [0.3, 0.4) is 0 Å².